The summed E-state index contributed by atoms with van der Waals surface area (Å²) in [6.07, 6.45) is 1.98. The average molecular weight is 260 g/mol. The first kappa shape index (κ1) is 12.6. The molecule has 5 heteroatoms. The Kier molecular flexibility index (Phi) is 4.30. The molecule has 18 heavy (non-hydrogen) atoms. The zero-order chi connectivity index (χ0) is 12.8. The molecule has 0 bridgehead atoms. The lowest BCUT2D eigenvalue weighted by Crippen LogP contribution is -2.31. The van der Waals surface area contributed by atoms with Crippen LogP contribution in [0, 0.1) is 0 Å². The Bertz CT molecular complexity index is 507. The Hall–Kier alpha value is -1.88. The molecular formula is C13H16N4S. The molecule has 1 aromatic carbocycles. The maximum atomic E-state index is 5.01. The summed E-state index contributed by atoms with van der Waals surface area (Å²) in [6.45, 7) is 1.43. The molecule has 0 aliphatic carbocycles. The van der Waals surface area contributed by atoms with Crippen molar-refractivity contribution >= 4 is 17.3 Å². The van der Waals surface area contributed by atoms with E-state index in [9.17, 15) is 0 Å². The van der Waals surface area contributed by atoms with Crippen LogP contribution in [0.3, 0.4) is 0 Å². The molecule has 0 aliphatic heterocycles. The predicted octanol–water partition coefficient (Wildman–Crippen LogP) is 1.53. The lowest BCUT2D eigenvalue weighted by molar-refractivity contribution is 0.666. The minimum Gasteiger partial charge on any atom is -0.366 e. The molecule has 0 fully saturated rings. The second-order valence-electron chi connectivity index (χ2n) is 3.92. The van der Waals surface area contributed by atoms with Gasteiger partial charge in [-0.25, -0.2) is 0 Å². The molecule has 0 spiro atoms. The number of benzene rings is 1. The second kappa shape index (κ2) is 6.16. The Morgan fingerprint density at radius 3 is 2.78 bits per heavy atom. The molecule has 94 valence electrons. The van der Waals surface area contributed by atoms with Gasteiger partial charge in [0, 0.05) is 13.2 Å². The fraction of sp³-hybridized carbons (Fsp3) is 0.231. The third kappa shape index (κ3) is 3.56. The highest BCUT2D eigenvalue weighted by molar-refractivity contribution is 7.80. The van der Waals surface area contributed by atoms with Crippen molar-refractivity contribution in [3.8, 4) is 0 Å². The Balaban J connectivity index is 1.92. The molecule has 0 saturated heterocycles. The van der Waals surface area contributed by atoms with Crippen molar-refractivity contribution < 1.29 is 0 Å². The van der Waals surface area contributed by atoms with Gasteiger partial charge in [-0.2, -0.15) is 5.10 Å². The number of nitrogens with zero attached hydrogens (tertiary/aromatic N) is 2. The van der Waals surface area contributed by atoms with Gasteiger partial charge in [0.05, 0.1) is 18.8 Å². The van der Waals surface area contributed by atoms with Crippen molar-refractivity contribution in [2.24, 2.45) is 0 Å². The smallest absolute Gasteiger partial charge is 0.166 e. The first-order valence-electron chi connectivity index (χ1n) is 5.80. The molecule has 0 saturated carbocycles. The van der Waals surface area contributed by atoms with Gasteiger partial charge < -0.3 is 10.6 Å². The summed E-state index contributed by atoms with van der Waals surface area (Å²) < 4.78 is 1.93. The van der Waals surface area contributed by atoms with Gasteiger partial charge in [-0.3, -0.25) is 4.68 Å². The standard InChI is InChI=1S/C13H16N4S/c1-14-13(18)15-9-12-7-8-17(16-12)10-11-5-3-2-4-6-11/h2-8H,9-10H2,1H3,(H2,14,15,18). The van der Waals surface area contributed by atoms with E-state index in [4.69, 9.17) is 12.2 Å². The van der Waals surface area contributed by atoms with Gasteiger partial charge in [0.25, 0.3) is 0 Å². The van der Waals surface area contributed by atoms with E-state index in [1.54, 1.807) is 7.05 Å². The van der Waals surface area contributed by atoms with Gasteiger partial charge in [0.2, 0.25) is 0 Å². The summed E-state index contributed by atoms with van der Waals surface area (Å²) >= 11 is 5.01. The second-order valence-corrected chi connectivity index (χ2v) is 4.33. The van der Waals surface area contributed by atoms with E-state index in [1.807, 2.05) is 35.1 Å². The molecule has 0 aliphatic rings. The van der Waals surface area contributed by atoms with E-state index in [1.165, 1.54) is 5.56 Å². The van der Waals surface area contributed by atoms with Crippen LogP contribution in [0.2, 0.25) is 0 Å². The van der Waals surface area contributed by atoms with Gasteiger partial charge in [0.1, 0.15) is 0 Å². The molecule has 2 rings (SSSR count). The normalized spacial score (nSPS) is 10.1. The van der Waals surface area contributed by atoms with E-state index in [2.05, 4.69) is 27.9 Å². The highest BCUT2D eigenvalue weighted by Crippen LogP contribution is 2.03. The number of aromatic nitrogens is 2. The molecule has 2 N–H and O–H groups in total. The number of thiocarbonyl (C=S) groups is 1. The van der Waals surface area contributed by atoms with Crippen LogP contribution in [0.5, 0.6) is 0 Å². The van der Waals surface area contributed by atoms with Crippen molar-refractivity contribution in [1.29, 1.82) is 0 Å². The third-order valence-corrected chi connectivity index (χ3v) is 2.89. The lowest BCUT2D eigenvalue weighted by Gasteiger charge is -2.04. The molecule has 0 amide bonds. The summed E-state index contributed by atoms with van der Waals surface area (Å²) in [6, 6.07) is 12.3. The monoisotopic (exact) mass is 260 g/mol. The van der Waals surface area contributed by atoms with Crippen LogP contribution in [0.15, 0.2) is 42.6 Å². The zero-order valence-electron chi connectivity index (χ0n) is 10.3. The van der Waals surface area contributed by atoms with Crippen LogP contribution in [0.25, 0.3) is 0 Å². The number of nitrogens with one attached hydrogen (secondary N) is 2. The third-order valence-electron chi connectivity index (χ3n) is 2.54. The van der Waals surface area contributed by atoms with Gasteiger partial charge >= 0.3 is 0 Å². The molecule has 4 nitrogen and oxygen atoms in total. The fourth-order valence-corrected chi connectivity index (χ4v) is 1.69. The minimum atomic E-state index is 0.632. The van der Waals surface area contributed by atoms with E-state index in [0.29, 0.717) is 11.7 Å². The van der Waals surface area contributed by atoms with Crippen LogP contribution in [-0.4, -0.2) is 21.9 Å². The molecule has 2 aromatic rings. The van der Waals surface area contributed by atoms with Crippen LogP contribution in [-0.2, 0) is 13.1 Å². The first-order valence-corrected chi connectivity index (χ1v) is 6.20. The van der Waals surface area contributed by atoms with Crippen LogP contribution in [0.4, 0.5) is 0 Å². The Morgan fingerprint density at radius 2 is 2.06 bits per heavy atom. The van der Waals surface area contributed by atoms with Crippen molar-refractivity contribution in [2.45, 2.75) is 13.1 Å². The largest absolute Gasteiger partial charge is 0.366 e. The summed E-state index contributed by atoms with van der Waals surface area (Å²) in [7, 11) is 1.79. The summed E-state index contributed by atoms with van der Waals surface area (Å²) in [4.78, 5) is 0. The number of hydrogen-bond acceptors (Lipinski definition) is 2. The van der Waals surface area contributed by atoms with Gasteiger partial charge in [-0.15, -0.1) is 0 Å². The molecule has 0 atom stereocenters. The van der Waals surface area contributed by atoms with E-state index >= 15 is 0 Å². The maximum Gasteiger partial charge on any atom is 0.166 e. The summed E-state index contributed by atoms with van der Waals surface area (Å²) in [5.41, 5.74) is 2.22. The quantitative estimate of drug-likeness (QED) is 0.818. The van der Waals surface area contributed by atoms with Gasteiger partial charge in [-0.1, -0.05) is 30.3 Å². The number of hydrogen-bond donors (Lipinski definition) is 2. The molecule has 0 unspecified atom stereocenters. The van der Waals surface area contributed by atoms with E-state index in [-0.39, 0.29) is 0 Å². The topological polar surface area (TPSA) is 41.9 Å². The molecule has 0 radical (unpaired) electrons. The first-order chi connectivity index (χ1) is 8.78. The predicted molar refractivity (Wildman–Crippen MR) is 76.3 cm³/mol. The van der Waals surface area contributed by atoms with Crippen LogP contribution >= 0.6 is 12.2 Å². The Labute approximate surface area is 112 Å². The highest BCUT2D eigenvalue weighted by atomic mass is 32.1. The number of rotatable bonds is 4. The van der Waals surface area contributed by atoms with Gasteiger partial charge in [-0.05, 0) is 23.8 Å². The van der Waals surface area contributed by atoms with Crippen molar-refractivity contribution in [2.75, 3.05) is 7.05 Å². The van der Waals surface area contributed by atoms with Crippen molar-refractivity contribution in [3.05, 3.63) is 53.9 Å². The summed E-state index contributed by atoms with van der Waals surface area (Å²) in [5.74, 6) is 0. The lowest BCUT2D eigenvalue weighted by atomic mass is 10.2. The van der Waals surface area contributed by atoms with E-state index < -0.39 is 0 Å². The highest BCUT2D eigenvalue weighted by Gasteiger charge is 2.00. The SMILES string of the molecule is CNC(=S)NCc1ccn(Cc2ccccc2)n1. The zero-order valence-corrected chi connectivity index (χ0v) is 11.1. The summed E-state index contributed by atoms with van der Waals surface area (Å²) in [5, 5.41) is 11.0. The van der Waals surface area contributed by atoms with Gasteiger partial charge in [0.15, 0.2) is 5.11 Å². The van der Waals surface area contributed by atoms with Crippen molar-refractivity contribution in [3.63, 3.8) is 0 Å². The van der Waals surface area contributed by atoms with Crippen LogP contribution in [0.1, 0.15) is 11.3 Å². The average Bonchev–Trinajstić information content (AvgIpc) is 2.85. The Morgan fingerprint density at radius 1 is 1.28 bits per heavy atom. The molecule has 1 heterocycles. The molecule has 1 aromatic heterocycles. The van der Waals surface area contributed by atoms with Crippen LogP contribution < -0.4 is 10.6 Å². The molecular weight excluding hydrogens is 244 g/mol. The fourth-order valence-electron chi connectivity index (χ4n) is 1.62. The maximum absolute atomic E-state index is 5.01. The minimum absolute atomic E-state index is 0.632. The van der Waals surface area contributed by atoms with E-state index in [0.717, 1.165) is 12.2 Å². The van der Waals surface area contributed by atoms with Crippen molar-refractivity contribution in [1.82, 2.24) is 20.4 Å².